The zero-order chi connectivity index (χ0) is 14.9. The lowest BCUT2D eigenvalue weighted by Gasteiger charge is -2.19. The second-order valence-corrected chi connectivity index (χ2v) is 3.82. The highest BCUT2D eigenvalue weighted by Gasteiger charge is 2.41. The van der Waals surface area contributed by atoms with Crippen LogP contribution in [0.4, 0.5) is 26.3 Å². The van der Waals surface area contributed by atoms with Crippen molar-refractivity contribution in [3.63, 3.8) is 0 Å². The van der Waals surface area contributed by atoms with Crippen LogP contribution < -0.4 is 4.74 Å². The van der Waals surface area contributed by atoms with E-state index in [1.54, 1.807) is 0 Å². The molecule has 0 unspecified atom stereocenters. The maximum Gasteiger partial charge on any atom is 0.432 e. The van der Waals surface area contributed by atoms with Crippen LogP contribution in [0.3, 0.4) is 0 Å². The molecule has 0 atom stereocenters. The normalized spacial score (nSPS) is 11.5. The Morgan fingerprint density at radius 3 is 1.75 bits per heavy atom. The topological polar surface area (TPSA) is 9.23 Å². The van der Waals surface area contributed by atoms with Crippen LogP contribution in [0.1, 0.15) is 5.56 Å². The van der Waals surface area contributed by atoms with E-state index in [1.807, 2.05) is 0 Å². The lowest BCUT2D eigenvalue weighted by atomic mass is 10.1. The maximum atomic E-state index is 13.7. The van der Waals surface area contributed by atoms with Gasteiger partial charge in [0.1, 0.15) is 34.6 Å². The lowest BCUT2D eigenvalue weighted by Crippen LogP contribution is -2.25. The van der Waals surface area contributed by atoms with Gasteiger partial charge in [0.15, 0.2) is 0 Å². The van der Waals surface area contributed by atoms with Crippen molar-refractivity contribution >= 4 is 0 Å². The van der Waals surface area contributed by atoms with Gasteiger partial charge in [0.25, 0.3) is 0 Å². The van der Waals surface area contributed by atoms with Gasteiger partial charge in [-0.05, 0) is 24.3 Å². The molecule has 2 aromatic carbocycles. The molecule has 0 aliphatic heterocycles. The highest BCUT2D eigenvalue weighted by molar-refractivity contribution is 5.27. The van der Waals surface area contributed by atoms with Crippen LogP contribution in [0.2, 0.25) is 0 Å². The Hall–Kier alpha value is -2.18. The summed E-state index contributed by atoms with van der Waals surface area (Å²) in [4.78, 5) is 0. The molecule has 0 N–H and O–H groups in total. The van der Waals surface area contributed by atoms with E-state index in [0.29, 0.717) is 0 Å². The first kappa shape index (κ1) is 14.2. The third-order valence-corrected chi connectivity index (χ3v) is 2.36. The molecule has 0 saturated carbocycles. The van der Waals surface area contributed by atoms with Crippen molar-refractivity contribution in [2.75, 3.05) is 0 Å². The molecule has 0 aliphatic rings. The first-order valence-electron chi connectivity index (χ1n) is 5.27. The van der Waals surface area contributed by atoms with Gasteiger partial charge >= 0.3 is 6.11 Å². The minimum absolute atomic E-state index is 0.111. The number of hydrogen-bond donors (Lipinski definition) is 0. The van der Waals surface area contributed by atoms with Crippen LogP contribution in [-0.4, -0.2) is 0 Å². The fraction of sp³-hybridized carbons (Fsp3) is 0.0769. The minimum atomic E-state index is -4.38. The summed E-state index contributed by atoms with van der Waals surface area (Å²) in [6.07, 6.45) is -4.38. The van der Waals surface area contributed by atoms with Crippen LogP contribution in [0.5, 0.6) is 5.75 Å². The second kappa shape index (κ2) is 5.07. The smallest absolute Gasteiger partial charge is 0.429 e. The molecule has 1 nitrogen and oxygen atoms in total. The van der Waals surface area contributed by atoms with E-state index < -0.39 is 40.7 Å². The Kier molecular flexibility index (Phi) is 3.61. The first-order valence-corrected chi connectivity index (χ1v) is 5.27. The van der Waals surface area contributed by atoms with Gasteiger partial charge in [-0.3, -0.25) is 0 Å². The highest BCUT2D eigenvalue weighted by atomic mass is 19.3. The van der Waals surface area contributed by atoms with E-state index in [2.05, 4.69) is 4.74 Å². The van der Waals surface area contributed by atoms with Crippen molar-refractivity contribution in [2.24, 2.45) is 0 Å². The minimum Gasteiger partial charge on any atom is -0.429 e. The zero-order valence-electron chi connectivity index (χ0n) is 9.64. The summed E-state index contributed by atoms with van der Waals surface area (Å²) in [5.41, 5.74) is -1.72. The van der Waals surface area contributed by atoms with Gasteiger partial charge in [0, 0.05) is 12.1 Å². The summed E-state index contributed by atoms with van der Waals surface area (Å²) >= 11 is 0. The number of ether oxygens (including phenoxy) is 1. The number of alkyl halides is 2. The molecule has 0 amide bonds. The van der Waals surface area contributed by atoms with E-state index in [1.165, 1.54) is 0 Å². The SMILES string of the molecule is Fc1ccc(OC(F)(F)c2c(F)cc(F)cc2F)cc1. The Morgan fingerprint density at radius 1 is 0.750 bits per heavy atom. The van der Waals surface area contributed by atoms with E-state index in [9.17, 15) is 26.3 Å². The van der Waals surface area contributed by atoms with Gasteiger partial charge < -0.3 is 4.74 Å². The number of hydrogen-bond acceptors (Lipinski definition) is 1. The fourth-order valence-electron chi connectivity index (χ4n) is 1.52. The monoisotopic (exact) mass is 292 g/mol. The average molecular weight is 292 g/mol. The lowest BCUT2D eigenvalue weighted by molar-refractivity contribution is -0.189. The van der Waals surface area contributed by atoms with Crippen molar-refractivity contribution in [2.45, 2.75) is 6.11 Å². The molecule has 0 heterocycles. The molecule has 0 aliphatic carbocycles. The molecule has 0 spiro atoms. The van der Waals surface area contributed by atoms with Gasteiger partial charge in [-0.1, -0.05) is 0 Å². The Labute approximate surface area is 109 Å². The summed E-state index contributed by atoms with van der Waals surface area (Å²) in [6, 6.07) is 3.62. The maximum absolute atomic E-state index is 13.7. The van der Waals surface area contributed by atoms with E-state index in [-0.39, 0.29) is 12.1 Å². The molecular formula is C13H6F6O. The van der Waals surface area contributed by atoms with E-state index >= 15 is 0 Å². The second-order valence-electron chi connectivity index (χ2n) is 3.82. The Bertz CT molecular complexity index is 600. The molecule has 7 heteroatoms. The van der Waals surface area contributed by atoms with Gasteiger partial charge in [-0.25, -0.2) is 17.6 Å². The molecule has 0 fully saturated rings. The van der Waals surface area contributed by atoms with Crippen molar-refractivity contribution in [3.8, 4) is 5.75 Å². The van der Waals surface area contributed by atoms with E-state index in [4.69, 9.17) is 0 Å². The van der Waals surface area contributed by atoms with Crippen molar-refractivity contribution in [1.29, 1.82) is 0 Å². The predicted molar refractivity (Wildman–Crippen MR) is 57.2 cm³/mol. The largest absolute Gasteiger partial charge is 0.432 e. The van der Waals surface area contributed by atoms with Crippen LogP contribution >= 0.6 is 0 Å². The third-order valence-electron chi connectivity index (χ3n) is 2.36. The molecule has 2 rings (SSSR count). The standard InChI is InChI=1S/C13H6F6O/c14-7-1-3-9(4-2-7)20-13(18,19)12-10(16)5-8(15)6-11(12)17/h1-6H. The van der Waals surface area contributed by atoms with Crippen LogP contribution in [0, 0.1) is 23.3 Å². The van der Waals surface area contributed by atoms with Crippen molar-refractivity contribution < 1.29 is 31.1 Å². The molecule has 106 valence electrons. The summed E-state index contributed by atoms with van der Waals surface area (Å²) in [7, 11) is 0. The van der Waals surface area contributed by atoms with Gasteiger partial charge in [-0.2, -0.15) is 8.78 Å². The fourth-order valence-corrected chi connectivity index (χ4v) is 1.52. The zero-order valence-corrected chi connectivity index (χ0v) is 9.64. The third kappa shape index (κ3) is 2.87. The van der Waals surface area contributed by atoms with Gasteiger partial charge in [0.05, 0.1) is 0 Å². The highest BCUT2D eigenvalue weighted by Crippen LogP contribution is 2.35. The average Bonchev–Trinajstić information content (AvgIpc) is 2.30. The number of benzene rings is 2. The molecule has 0 aromatic heterocycles. The van der Waals surface area contributed by atoms with Gasteiger partial charge in [0.2, 0.25) is 0 Å². The summed E-state index contributed by atoms with van der Waals surface area (Å²) in [6.45, 7) is 0. The van der Waals surface area contributed by atoms with E-state index in [0.717, 1.165) is 24.3 Å². The van der Waals surface area contributed by atoms with Gasteiger partial charge in [-0.15, -0.1) is 0 Å². The molecule has 0 radical (unpaired) electrons. The number of halogens is 6. The Balaban J connectivity index is 2.37. The molecule has 0 bridgehead atoms. The van der Waals surface area contributed by atoms with Crippen LogP contribution in [0.25, 0.3) is 0 Å². The Morgan fingerprint density at radius 2 is 1.25 bits per heavy atom. The summed E-state index contributed by atoms with van der Waals surface area (Å²) in [5, 5.41) is 0. The predicted octanol–water partition coefficient (Wildman–Crippen LogP) is 4.37. The van der Waals surface area contributed by atoms with Crippen LogP contribution in [-0.2, 0) is 6.11 Å². The molecular weight excluding hydrogens is 286 g/mol. The first-order chi connectivity index (χ1) is 9.29. The molecule has 2 aromatic rings. The summed E-state index contributed by atoms with van der Waals surface area (Å²) in [5.74, 6) is -6.09. The quantitative estimate of drug-likeness (QED) is 0.763. The molecule has 0 saturated heterocycles. The molecule has 20 heavy (non-hydrogen) atoms. The van der Waals surface area contributed by atoms with Crippen molar-refractivity contribution in [1.82, 2.24) is 0 Å². The van der Waals surface area contributed by atoms with Crippen molar-refractivity contribution in [3.05, 3.63) is 65.2 Å². The number of rotatable bonds is 3. The van der Waals surface area contributed by atoms with Crippen LogP contribution in [0.15, 0.2) is 36.4 Å². The summed E-state index contributed by atoms with van der Waals surface area (Å²) < 4.78 is 83.3.